The molecular formula is C12H13N3O. The average Bonchev–Trinajstić information content (AvgIpc) is 2.29. The highest BCUT2D eigenvalue weighted by Crippen LogP contribution is 2.32. The number of ether oxygens (including phenoxy) is 1. The molecule has 0 bridgehead atoms. The number of nitrogens with zero attached hydrogens (tertiary/aromatic N) is 2. The Kier molecular flexibility index (Phi) is 2.72. The maximum atomic E-state index is 5.82. The van der Waals surface area contributed by atoms with Crippen molar-refractivity contribution in [1.82, 2.24) is 9.97 Å². The third kappa shape index (κ3) is 1.82. The van der Waals surface area contributed by atoms with Crippen LogP contribution >= 0.6 is 0 Å². The molecular weight excluding hydrogens is 202 g/mol. The smallest absolute Gasteiger partial charge is 0.134 e. The largest absolute Gasteiger partial charge is 0.496 e. The van der Waals surface area contributed by atoms with Crippen LogP contribution in [0.15, 0.2) is 30.7 Å². The first-order valence-corrected chi connectivity index (χ1v) is 4.93. The zero-order valence-corrected chi connectivity index (χ0v) is 9.27. The maximum Gasteiger partial charge on any atom is 0.134 e. The summed E-state index contributed by atoms with van der Waals surface area (Å²) >= 11 is 0. The first-order valence-electron chi connectivity index (χ1n) is 4.93. The second-order valence-corrected chi connectivity index (χ2v) is 3.53. The second-order valence-electron chi connectivity index (χ2n) is 3.53. The Morgan fingerprint density at radius 3 is 2.75 bits per heavy atom. The number of anilines is 1. The molecule has 0 saturated carbocycles. The highest BCUT2D eigenvalue weighted by Gasteiger charge is 2.09. The number of aryl methyl sites for hydroxylation is 1. The Morgan fingerprint density at radius 1 is 1.25 bits per heavy atom. The highest BCUT2D eigenvalue weighted by molar-refractivity contribution is 5.78. The van der Waals surface area contributed by atoms with Crippen molar-refractivity contribution < 1.29 is 4.74 Å². The van der Waals surface area contributed by atoms with Crippen LogP contribution in [0.2, 0.25) is 0 Å². The minimum Gasteiger partial charge on any atom is -0.496 e. The Labute approximate surface area is 94.1 Å². The van der Waals surface area contributed by atoms with Crippen LogP contribution in [0.1, 0.15) is 5.56 Å². The van der Waals surface area contributed by atoms with Gasteiger partial charge in [-0.15, -0.1) is 0 Å². The Balaban J connectivity index is 2.63. The molecule has 4 heteroatoms. The molecule has 0 radical (unpaired) electrons. The summed E-state index contributed by atoms with van der Waals surface area (Å²) in [6, 6.07) is 5.91. The first-order chi connectivity index (χ1) is 7.72. The van der Waals surface area contributed by atoms with Gasteiger partial charge in [0.05, 0.1) is 7.11 Å². The molecule has 1 aromatic carbocycles. The number of methoxy groups -OCH3 is 1. The average molecular weight is 215 g/mol. The van der Waals surface area contributed by atoms with E-state index >= 15 is 0 Å². The fourth-order valence-electron chi connectivity index (χ4n) is 1.58. The lowest BCUT2D eigenvalue weighted by Gasteiger charge is -2.10. The summed E-state index contributed by atoms with van der Waals surface area (Å²) in [6.45, 7) is 2.02. The van der Waals surface area contributed by atoms with Crippen LogP contribution in [0.4, 0.5) is 5.82 Å². The Bertz CT molecular complexity index is 511. The lowest BCUT2D eigenvalue weighted by Crippen LogP contribution is -1.97. The predicted octanol–water partition coefficient (Wildman–Crippen LogP) is 2.04. The Hall–Kier alpha value is -2.10. The molecule has 0 spiro atoms. The van der Waals surface area contributed by atoms with Gasteiger partial charge in [-0.3, -0.25) is 0 Å². The topological polar surface area (TPSA) is 61.0 Å². The summed E-state index contributed by atoms with van der Waals surface area (Å²) < 4.78 is 5.30. The molecule has 2 N–H and O–H groups in total. The molecule has 1 aromatic heterocycles. The molecule has 0 unspecified atom stereocenters. The fraction of sp³-hybridized carbons (Fsp3) is 0.167. The van der Waals surface area contributed by atoms with Gasteiger partial charge in [0.2, 0.25) is 0 Å². The zero-order valence-electron chi connectivity index (χ0n) is 9.27. The molecule has 0 fully saturated rings. The number of benzene rings is 1. The van der Waals surface area contributed by atoms with E-state index < -0.39 is 0 Å². The van der Waals surface area contributed by atoms with Gasteiger partial charge in [0, 0.05) is 17.3 Å². The Morgan fingerprint density at radius 2 is 2.06 bits per heavy atom. The molecule has 16 heavy (non-hydrogen) atoms. The molecule has 0 aliphatic carbocycles. The standard InChI is InChI=1S/C12H13N3O/c1-8-3-4-11(16-2)9(5-8)10-6-14-7-15-12(10)13/h3-7H,1-2H3,(H2,13,14,15). The zero-order chi connectivity index (χ0) is 11.5. The molecule has 1 heterocycles. The van der Waals surface area contributed by atoms with Crippen LogP contribution in [0, 0.1) is 6.92 Å². The van der Waals surface area contributed by atoms with Crippen LogP contribution in [0.25, 0.3) is 11.1 Å². The first kappa shape index (κ1) is 10.4. The van der Waals surface area contributed by atoms with E-state index in [-0.39, 0.29) is 0 Å². The van der Waals surface area contributed by atoms with E-state index in [1.54, 1.807) is 13.3 Å². The number of rotatable bonds is 2. The van der Waals surface area contributed by atoms with Crippen molar-refractivity contribution in [2.75, 3.05) is 12.8 Å². The molecule has 0 saturated heterocycles. The van der Waals surface area contributed by atoms with E-state index in [0.29, 0.717) is 5.82 Å². The minimum atomic E-state index is 0.457. The lowest BCUT2D eigenvalue weighted by atomic mass is 10.0. The van der Waals surface area contributed by atoms with Crippen molar-refractivity contribution >= 4 is 5.82 Å². The molecule has 0 aliphatic heterocycles. The van der Waals surface area contributed by atoms with Gasteiger partial charge >= 0.3 is 0 Å². The van der Waals surface area contributed by atoms with Crippen molar-refractivity contribution in [3.8, 4) is 16.9 Å². The van der Waals surface area contributed by atoms with Gasteiger partial charge < -0.3 is 10.5 Å². The van der Waals surface area contributed by atoms with Crippen LogP contribution in [0.5, 0.6) is 5.75 Å². The number of nitrogen functional groups attached to an aromatic ring is 1. The molecule has 2 rings (SSSR count). The quantitative estimate of drug-likeness (QED) is 0.832. The van der Waals surface area contributed by atoms with E-state index in [0.717, 1.165) is 22.4 Å². The van der Waals surface area contributed by atoms with Gasteiger partial charge in [0.25, 0.3) is 0 Å². The molecule has 0 aliphatic rings. The highest BCUT2D eigenvalue weighted by atomic mass is 16.5. The van der Waals surface area contributed by atoms with Gasteiger partial charge in [-0.05, 0) is 19.1 Å². The predicted molar refractivity (Wildman–Crippen MR) is 63.2 cm³/mol. The van der Waals surface area contributed by atoms with E-state index in [1.165, 1.54) is 6.33 Å². The van der Waals surface area contributed by atoms with Gasteiger partial charge in [0.15, 0.2) is 0 Å². The summed E-state index contributed by atoms with van der Waals surface area (Å²) in [6.07, 6.45) is 3.13. The third-order valence-electron chi connectivity index (χ3n) is 2.39. The third-order valence-corrected chi connectivity index (χ3v) is 2.39. The summed E-state index contributed by atoms with van der Waals surface area (Å²) in [5.41, 5.74) is 8.67. The molecule has 0 atom stereocenters. The van der Waals surface area contributed by atoms with Crippen LogP contribution < -0.4 is 10.5 Å². The van der Waals surface area contributed by atoms with Gasteiger partial charge in [-0.2, -0.15) is 0 Å². The maximum absolute atomic E-state index is 5.82. The summed E-state index contributed by atoms with van der Waals surface area (Å²) in [5, 5.41) is 0. The van der Waals surface area contributed by atoms with Gasteiger partial charge in [-0.25, -0.2) is 9.97 Å². The van der Waals surface area contributed by atoms with Crippen molar-refractivity contribution in [1.29, 1.82) is 0 Å². The molecule has 2 aromatic rings. The molecule has 82 valence electrons. The van der Waals surface area contributed by atoms with Crippen LogP contribution in [0.3, 0.4) is 0 Å². The minimum absolute atomic E-state index is 0.457. The molecule has 0 amide bonds. The van der Waals surface area contributed by atoms with Gasteiger partial charge in [-0.1, -0.05) is 11.6 Å². The van der Waals surface area contributed by atoms with Crippen molar-refractivity contribution in [2.24, 2.45) is 0 Å². The van der Waals surface area contributed by atoms with E-state index in [2.05, 4.69) is 9.97 Å². The van der Waals surface area contributed by atoms with Gasteiger partial charge in [0.1, 0.15) is 17.9 Å². The normalized spacial score (nSPS) is 10.1. The summed E-state index contributed by atoms with van der Waals surface area (Å²) in [4.78, 5) is 7.95. The number of hydrogen-bond donors (Lipinski definition) is 1. The van der Waals surface area contributed by atoms with Crippen molar-refractivity contribution in [2.45, 2.75) is 6.92 Å². The molecule has 4 nitrogen and oxygen atoms in total. The van der Waals surface area contributed by atoms with Crippen molar-refractivity contribution in [3.63, 3.8) is 0 Å². The summed E-state index contributed by atoms with van der Waals surface area (Å²) in [5.74, 6) is 1.23. The van der Waals surface area contributed by atoms with Crippen molar-refractivity contribution in [3.05, 3.63) is 36.3 Å². The van der Waals surface area contributed by atoms with E-state index in [4.69, 9.17) is 10.5 Å². The SMILES string of the molecule is COc1ccc(C)cc1-c1cncnc1N. The number of nitrogens with two attached hydrogens (primary N) is 1. The van der Waals surface area contributed by atoms with Crippen LogP contribution in [-0.4, -0.2) is 17.1 Å². The number of aromatic nitrogens is 2. The lowest BCUT2D eigenvalue weighted by molar-refractivity contribution is 0.416. The van der Waals surface area contributed by atoms with Crippen LogP contribution in [-0.2, 0) is 0 Å². The fourth-order valence-corrected chi connectivity index (χ4v) is 1.58. The number of hydrogen-bond acceptors (Lipinski definition) is 4. The van der Waals surface area contributed by atoms with E-state index in [1.807, 2.05) is 25.1 Å². The monoisotopic (exact) mass is 215 g/mol. The summed E-state index contributed by atoms with van der Waals surface area (Å²) in [7, 11) is 1.63. The van der Waals surface area contributed by atoms with E-state index in [9.17, 15) is 0 Å². The second kappa shape index (κ2) is 4.18.